The molecule has 0 unspecified atom stereocenters. The molecule has 0 heterocycles. The van der Waals surface area contributed by atoms with Gasteiger partial charge in [-0.05, 0) is 44.9 Å². The van der Waals surface area contributed by atoms with Crippen LogP contribution in [0.4, 0.5) is 0 Å². The molecule has 146 valence electrons. The molecular weight excluding hydrogens is 348 g/mol. The van der Waals surface area contributed by atoms with Gasteiger partial charge < -0.3 is 19.5 Å². The third-order valence-electron chi connectivity index (χ3n) is 4.64. The van der Waals surface area contributed by atoms with Gasteiger partial charge in [-0.15, -0.1) is 0 Å². The lowest BCUT2D eigenvalue weighted by molar-refractivity contribution is -0.130. The number of rotatable bonds is 7. The maximum absolute atomic E-state index is 12.4. The largest absolute Gasteiger partial charge is 0.493 e. The first-order valence-electron chi connectivity index (χ1n) is 9.20. The molecule has 1 aromatic carbocycles. The van der Waals surface area contributed by atoms with E-state index in [1.165, 1.54) is 20.1 Å². The molecule has 1 aliphatic carbocycles. The average molecular weight is 374 g/mol. The molecule has 0 saturated heterocycles. The summed E-state index contributed by atoms with van der Waals surface area (Å²) in [5, 5.41) is 12.2. The lowest BCUT2D eigenvalue weighted by Gasteiger charge is -2.32. The molecule has 0 bridgehead atoms. The third kappa shape index (κ3) is 5.13. The first kappa shape index (κ1) is 20.6. The number of nitrogens with one attached hydrogen (secondary N) is 1. The predicted octanol–water partition coefficient (Wildman–Crippen LogP) is 2.98. The molecule has 7 nitrogen and oxygen atoms in total. The molecule has 1 atom stereocenters. The van der Waals surface area contributed by atoms with Gasteiger partial charge in [-0.3, -0.25) is 4.79 Å². The fraction of sp³-hybridized carbons (Fsp3) is 0.550. The van der Waals surface area contributed by atoms with Gasteiger partial charge in [0.1, 0.15) is 5.54 Å². The van der Waals surface area contributed by atoms with E-state index in [0.29, 0.717) is 30.9 Å². The van der Waals surface area contributed by atoms with Crippen LogP contribution in [-0.4, -0.2) is 37.2 Å². The molecule has 0 aromatic heterocycles. The van der Waals surface area contributed by atoms with E-state index in [0.717, 1.165) is 19.3 Å². The Labute approximate surface area is 159 Å². The molecule has 1 fully saturated rings. The third-order valence-corrected chi connectivity index (χ3v) is 4.64. The van der Waals surface area contributed by atoms with Crippen LogP contribution >= 0.6 is 0 Å². The Balaban J connectivity index is 2.02. The molecule has 1 amide bonds. The number of nitrogens with zero attached hydrogens (tertiary/aromatic N) is 1. The molecule has 1 N–H and O–H groups in total. The Kier molecular flexibility index (Phi) is 7.05. The Morgan fingerprint density at radius 3 is 2.56 bits per heavy atom. The Bertz CT molecular complexity index is 720. The first-order valence-corrected chi connectivity index (χ1v) is 9.20. The minimum absolute atomic E-state index is 0.252. The van der Waals surface area contributed by atoms with Crippen molar-refractivity contribution < 1.29 is 23.8 Å². The van der Waals surface area contributed by atoms with Crippen molar-refractivity contribution >= 4 is 11.9 Å². The zero-order valence-corrected chi connectivity index (χ0v) is 16.0. The highest BCUT2D eigenvalue weighted by atomic mass is 16.5. The molecule has 0 spiro atoms. The summed E-state index contributed by atoms with van der Waals surface area (Å²) in [6.45, 7) is 3.81. The van der Waals surface area contributed by atoms with Crippen molar-refractivity contribution in [2.24, 2.45) is 0 Å². The minimum atomic E-state index is -1.01. The van der Waals surface area contributed by atoms with Crippen molar-refractivity contribution in [3.05, 3.63) is 23.8 Å². The normalized spacial score (nSPS) is 16.5. The molecule has 1 aliphatic rings. The van der Waals surface area contributed by atoms with Crippen LogP contribution < -0.4 is 14.8 Å². The Hall–Kier alpha value is -2.75. The van der Waals surface area contributed by atoms with E-state index in [1.54, 1.807) is 12.1 Å². The van der Waals surface area contributed by atoms with Gasteiger partial charge in [-0.2, -0.15) is 5.26 Å². The lowest BCUT2D eigenvalue weighted by atomic mass is 9.83. The summed E-state index contributed by atoms with van der Waals surface area (Å²) < 4.78 is 15.9. The molecule has 2 rings (SSSR count). The first-order chi connectivity index (χ1) is 12.9. The quantitative estimate of drug-likeness (QED) is 0.737. The van der Waals surface area contributed by atoms with Crippen LogP contribution in [-0.2, 0) is 9.53 Å². The molecule has 0 radical (unpaired) electrons. The SMILES string of the molecule is CCOc1ccc(C(=O)O[C@@H](C)C(=O)NC2(C#N)CCCCC2)cc1OC. The smallest absolute Gasteiger partial charge is 0.339 e. The Morgan fingerprint density at radius 2 is 1.96 bits per heavy atom. The second-order valence-corrected chi connectivity index (χ2v) is 6.59. The van der Waals surface area contributed by atoms with E-state index in [4.69, 9.17) is 14.2 Å². The van der Waals surface area contributed by atoms with Crippen molar-refractivity contribution in [1.82, 2.24) is 5.32 Å². The van der Waals surface area contributed by atoms with Crippen LogP contribution in [0.3, 0.4) is 0 Å². The van der Waals surface area contributed by atoms with Crippen LogP contribution in [0.25, 0.3) is 0 Å². The van der Waals surface area contributed by atoms with Crippen molar-refractivity contribution in [3.8, 4) is 17.6 Å². The summed E-state index contributed by atoms with van der Waals surface area (Å²) in [4.78, 5) is 24.8. The number of ether oxygens (including phenoxy) is 3. The highest BCUT2D eigenvalue weighted by Crippen LogP contribution is 2.29. The molecule has 1 aromatic rings. The number of amides is 1. The maximum atomic E-state index is 12.4. The van der Waals surface area contributed by atoms with Gasteiger partial charge in [-0.1, -0.05) is 19.3 Å². The van der Waals surface area contributed by atoms with E-state index >= 15 is 0 Å². The summed E-state index contributed by atoms with van der Waals surface area (Å²) >= 11 is 0. The van der Waals surface area contributed by atoms with Crippen molar-refractivity contribution in [2.75, 3.05) is 13.7 Å². The topological polar surface area (TPSA) is 97.6 Å². The second-order valence-electron chi connectivity index (χ2n) is 6.59. The standard InChI is InChI=1S/C20H26N2O5/c1-4-26-16-9-8-15(12-17(16)25-3)19(24)27-14(2)18(23)22-20(13-21)10-6-5-7-11-20/h8-9,12,14H,4-7,10-11H2,1-3H3,(H,22,23)/t14-/m0/s1. The highest BCUT2D eigenvalue weighted by molar-refractivity contribution is 5.93. The molecule has 27 heavy (non-hydrogen) atoms. The molecule has 0 aliphatic heterocycles. The summed E-state index contributed by atoms with van der Waals surface area (Å²) in [7, 11) is 1.48. The van der Waals surface area contributed by atoms with Gasteiger partial charge in [-0.25, -0.2) is 4.79 Å². The molecule has 1 saturated carbocycles. The monoisotopic (exact) mass is 374 g/mol. The minimum Gasteiger partial charge on any atom is -0.493 e. The number of benzene rings is 1. The van der Waals surface area contributed by atoms with E-state index in [-0.39, 0.29) is 5.56 Å². The average Bonchev–Trinajstić information content (AvgIpc) is 2.69. The summed E-state index contributed by atoms with van der Waals surface area (Å²) in [6.07, 6.45) is 3.07. The van der Waals surface area contributed by atoms with Gasteiger partial charge in [0.2, 0.25) is 0 Å². The van der Waals surface area contributed by atoms with Crippen molar-refractivity contribution in [1.29, 1.82) is 5.26 Å². The van der Waals surface area contributed by atoms with Crippen LogP contribution in [0.2, 0.25) is 0 Å². The van der Waals surface area contributed by atoms with Crippen LogP contribution in [0.1, 0.15) is 56.3 Å². The predicted molar refractivity (Wildman–Crippen MR) is 98.6 cm³/mol. The second kappa shape index (κ2) is 9.26. The van der Waals surface area contributed by atoms with Crippen LogP contribution in [0.5, 0.6) is 11.5 Å². The number of carbonyl (C=O) groups excluding carboxylic acids is 2. The van der Waals surface area contributed by atoms with Crippen LogP contribution in [0, 0.1) is 11.3 Å². The van der Waals surface area contributed by atoms with Gasteiger partial charge in [0.15, 0.2) is 17.6 Å². The lowest BCUT2D eigenvalue weighted by Crippen LogP contribution is -2.52. The van der Waals surface area contributed by atoms with E-state index in [2.05, 4.69) is 11.4 Å². The summed E-state index contributed by atoms with van der Waals surface area (Å²) in [5.41, 5.74) is -0.610. The van der Waals surface area contributed by atoms with Gasteiger partial charge >= 0.3 is 5.97 Å². The van der Waals surface area contributed by atoms with E-state index in [1.807, 2.05) is 6.92 Å². The van der Waals surface area contributed by atoms with Crippen molar-refractivity contribution in [3.63, 3.8) is 0 Å². The molecular formula is C20H26N2O5. The zero-order chi connectivity index (χ0) is 19.9. The fourth-order valence-corrected chi connectivity index (χ4v) is 3.11. The summed E-state index contributed by atoms with van der Waals surface area (Å²) in [5.74, 6) is -0.178. The Morgan fingerprint density at radius 1 is 1.26 bits per heavy atom. The fourth-order valence-electron chi connectivity index (χ4n) is 3.11. The van der Waals surface area contributed by atoms with E-state index < -0.39 is 23.5 Å². The number of esters is 1. The highest BCUT2D eigenvalue weighted by Gasteiger charge is 2.35. The van der Waals surface area contributed by atoms with E-state index in [9.17, 15) is 14.9 Å². The number of hydrogen-bond acceptors (Lipinski definition) is 6. The number of carbonyl (C=O) groups is 2. The van der Waals surface area contributed by atoms with Gasteiger partial charge in [0, 0.05) is 0 Å². The van der Waals surface area contributed by atoms with Crippen molar-refractivity contribution in [2.45, 2.75) is 57.6 Å². The number of hydrogen-bond donors (Lipinski definition) is 1. The summed E-state index contributed by atoms with van der Waals surface area (Å²) in [6, 6.07) is 6.90. The number of nitriles is 1. The van der Waals surface area contributed by atoms with Gasteiger partial charge in [0.25, 0.3) is 5.91 Å². The van der Waals surface area contributed by atoms with Crippen LogP contribution in [0.15, 0.2) is 18.2 Å². The zero-order valence-electron chi connectivity index (χ0n) is 16.0. The molecule has 7 heteroatoms. The maximum Gasteiger partial charge on any atom is 0.339 e. The number of methoxy groups -OCH3 is 1. The van der Waals surface area contributed by atoms with Gasteiger partial charge in [0.05, 0.1) is 25.3 Å².